The Hall–Kier alpha value is -2.01. The molecule has 8 rings (SSSR count). The van der Waals surface area contributed by atoms with Crippen molar-refractivity contribution < 1.29 is 14.9 Å². The van der Waals surface area contributed by atoms with Gasteiger partial charge in [0.1, 0.15) is 11.7 Å². The highest BCUT2D eigenvalue weighted by Crippen LogP contribution is 2.80. The fraction of sp³-hybridized carbons (Fsp3) is 0.552. The first-order valence-corrected chi connectivity index (χ1v) is 12.8. The molecule has 3 saturated carbocycles. The molecule has 2 bridgehead atoms. The normalized spacial score (nSPS) is 48.9. The topological polar surface area (TPSA) is 62.6 Å². The lowest BCUT2D eigenvalue weighted by Gasteiger charge is -2.56. The van der Waals surface area contributed by atoms with E-state index in [9.17, 15) is 10.2 Å². The van der Waals surface area contributed by atoms with Crippen molar-refractivity contribution in [1.82, 2.24) is 4.98 Å². The van der Waals surface area contributed by atoms with Gasteiger partial charge in [-0.05, 0) is 96.4 Å². The summed E-state index contributed by atoms with van der Waals surface area (Å²) < 4.78 is 7.11. The molecule has 2 N–H and O–H groups in total. The minimum absolute atomic E-state index is 0.131. The average Bonchev–Trinajstić information content (AvgIpc) is 3.40. The maximum absolute atomic E-state index is 11.1. The van der Waals surface area contributed by atoms with Crippen LogP contribution in [0.3, 0.4) is 0 Å². The van der Waals surface area contributed by atoms with Crippen molar-refractivity contribution in [3.63, 3.8) is 0 Å². The van der Waals surface area contributed by atoms with Gasteiger partial charge < -0.3 is 14.9 Å². The van der Waals surface area contributed by atoms with Gasteiger partial charge in [-0.25, -0.2) is 0 Å². The number of hydrogen-bond acceptors (Lipinski definition) is 4. The molecule has 4 heteroatoms. The molecule has 6 aliphatic rings. The molecule has 8 atom stereocenters. The number of aliphatic hydroxyl groups excluding tert-OH is 2. The summed E-state index contributed by atoms with van der Waals surface area (Å²) in [5.74, 6) is 1.13. The number of benzene rings is 1. The first-order chi connectivity index (χ1) is 15.9. The van der Waals surface area contributed by atoms with Gasteiger partial charge in [-0.15, -0.1) is 0 Å². The fourth-order valence-corrected chi connectivity index (χ4v) is 9.36. The third-order valence-electron chi connectivity index (χ3n) is 11.0. The number of aromatic nitrogens is 1. The summed E-state index contributed by atoms with van der Waals surface area (Å²) in [6, 6.07) is 9.12. The number of rotatable bonds is 1. The summed E-state index contributed by atoms with van der Waals surface area (Å²) in [6.45, 7) is 2.51. The van der Waals surface area contributed by atoms with E-state index in [1.54, 1.807) is 0 Å². The summed E-state index contributed by atoms with van der Waals surface area (Å²) in [5.41, 5.74) is 3.38. The molecular formula is C29H31NO3. The Labute approximate surface area is 194 Å². The van der Waals surface area contributed by atoms with Crippen LogP contribution in [-0.2, 0) is 10.2 Å². The minimum Gasteiger partial charge on any atom is -0.390 e. The minimum atomic E-state index is -0.815. The number of nitrogens with zero attached hydrogens (tertiary/aromatic N) is 1. The second-order valence-corrected chi connectivity index (χ2v) is 12.0. The molecule has 1 aromatic carbocycles. The molecule has 3 heterocycles. The predicted octanol–water partition coefficient (Wildman–Crippen LogP) is 4.59. The quantitative estimate of drug-likeness (QED) is 0.679. The summed E-state index contributed by atoms with van der Waals surface area (Å²) in [7, 11) is 0. The Balaban J connectivity index is 1.26. The standard InChI is InChI=1S/C29H31NO3/c1-26-8-6-21-13-20-4-5-23(31)25(32)29(20)10-9-28(21,33-29)24(26)14-22-15-27(22,26)19-3-2-17-7-11-30-16-18(17)12-19/h2-3,6-7,11-13,16,22-25,31-32H,4-5,8-10,14-15H2,1H3/t22-,23+,24+,25+,26-,27-,28?,29-/m0/s1. The third-order valence-corrected chi connectivity index (χ3v) is 11.0. The van der Waals surface area contributed by atoms with Crippen LogP contribution >= 0.6 is 0 Å². The lowest BCUT2D eigenvalue weighted by molar-refractivity contribution is -0.195. The Morgan fingerprint density at radius 2 is 1.97 bits per heavy atom. The van der Waals surface area contributed by atoms with Gasteiger partial charge >= 0.3 is 0 Å². The molecule has 1 unspecified atom stereocenters. The SMILES string of the molecule is C[C@]12CC=C3C=C4CC[C@@H](O)[C@@H](O)[C@]45CCC3(O5)[C@@H]1C[C@H]1C[C@]12c1ccc2ccncc2c1. The van der Waals surface area contributed by atoms with Crippen LogP contribution in [0.4, 0.5) is 0 Å². The van der Waals surface area contributed by atoms with Crippen LogP contribution in [0.25, 0.3) is 10.8 Å². The molecule has 170 valence electrons. The van der Waals surface area contributed by atoms with Crippen LogP contribution in [-0.4, -0.2) is 38.6 Å². The summed E-state index contributed by atoms with van der Waals surface area (Å²) in [6.07, 6.45) is 14.0. The Morgan fingerprint density at radius 3 is 2.88 bits per heavy atom. The first kappa shape index (κ1) is 19.3. The molecule has 4 aliphatic carbocycles. The lowest BCUT2D eigenvalue weighted by Crippen LogP contribution is -2.60. The van der Waals surface area contributed by atoms with Gasteiger partial charge in [-0.3, -0.25) is 4.98 Å². The van der Waals surface area contributed by atoms with E-state index in [0.29, 0.717) is 18.3 Å². The number of aliphatic hydroxyl groups is 2. The number of ether oxygens (including phenoxy) is 1. The predicted molar refractivity (Wildman–Crippen MR) is 126 cm³/mol. The Bertz CT molecular complexity index is 1280. The smallest absolute Gasteiger partial charge is 0.119 e. The molecular weight excluding hydrogens is 410 g/mol. The number of pyridine rings is 1. The lowest BCUT2D eigenvalue weighted by atomic mass is 9.55. The van der Waals surface area contributed by atoms with Gasteiger partial charge in [0.05, 0.1) is 11.7 Å². The summed E-state index contributed by atoms with van der Waals surface area (Å²) in [4.78, 5) is 4.37. The Morgan fingerprint density at radius 1 is 1.09 bits per heavy atom. The van der Waals surface area contributed by atoms with Crippen LogP contribution in [0.5, 0.6) is 0 Å². The highest BCUT2D eigenvalue weighted by Gasteiger charge is 2.78. The number of fused-ring (bicyclic) bond motifs is 4. The number of hydrogen-bond donors (Lipinski definition) is 2. The van der Waals surface area contributed by atoms with E-state index in [1.807, 2.05) is 12.4 Å². The average molecular weight is 442 g/mol. The maximum atomic E-state index is 11.1. The van der Waals surface area contributed by atoms with Gasteiger partial charge in [0.2, 0.25) is 0 Å². The second-order valence-electron chi connectivity index (χ2n) is 12.0. The maximum Gasteiger partial charge on any atom is 0.119 e. The van der Waals surface area contributed by atoms with Gasteiger partial charge in [-0.2, -0.15) is 0 Å². The fourth-order valence-electron chi connectivity index (χ4n) is 9.36. The van der Waals surface area contributed by atoms with E-state index in [0.717, 1.165) is 25.7 Å². The number of allylic oxidation sites excluding steroid dienone is 1. The molecule has 33 heavy (non-hydrogen) atoms. The molecule has 1 saturated heterocycles. The van der Waals surface area contributed by atoms with Crippen molar-refractivity contribution >= 4 is 10.8 Å². The third kappa shape index (κ3) is 2.01. The van der Waals surface area contributed by atoms with E-state index in [-0.39, 0.29) is 16.4 Å². The van der Waals surface area contributed by atoms with Crippen LogP contribution in [0, 0.1) is 17.3 Å². The van der Waals surface area contributed by atoms with Gasteiger partial charge in [0.25, 0.3) is 0 Å². The zero-order valence-corrected chi connectivity index (χ0v) is 19.1. The van der Waals surface area contributed by atoms with Crippen molar-refractivity contribution in [2.75, 3.05) is 0 Å². The van der Waals surface area contributed by atoms with Crippen LogP contribution in [0.15, 0.2) is 60.0 Å². The van der Waals surface area contributed by atoms with Crippen LogP contribution in [0.2, 0.25) is 0 Å². The highest BCUT2D eigenvalue weighted by atomic mass is 16.5. The molecule has 2 aliphatic heterocycles. The van der Waals surface area contributed by atoms with Crippen LogP contribution < -0.4 is 0 Å². The zero-order valence-electron chi connectivity index (χ0n) is 19.1. The van der Waals surface area contributed by atoms with Crippen molar-refractivity contribution in [3.8, 4) is 0 Å². The molecule has 0 amide bonds. The van der Waals surface area contributed by atoms with Gasteiger partial charge in [-0.1, -0.05) is 31.2 Å². The van der Waals surface area contributed by atoms with E-state index >= 15 is 0 Å². The Kier molecular flexibility index (Phi) is 3.39. The zero-order chi connectivity index (χ0) is 22.2. The van der Waals surface area contributed by atoms with Crippen LogP contribution in [0.1, 0.15) is 57.4 Å². The van der Waals surface area contributed by atoms with Crippen molar-refractivity contribution in [3.05, 3.63) is 65.5 Å². The summed E-state index contributed by atoms with van der Waals surface area (Å²) >= 11 is 0. The monoisotopic (exact) mass is 441 g/mol. The van der Waals surface area contributed by atoms with E-state index < -0.39 is 17.8 Å². The van der Waals surface area contributed by atoms with E-state index in [2.05, 4.69) is 48.3 Å². The van der Waals surface area contributed by atoms with Crippen molar-refractivity contribution in [1.29, 1.82) is 0 Å². The molecule has 2 aromatic rings. The molecule has 0 radical (unpaired) electrons. The molecule has 2 spiro atoms. The first-order valence-electron chi connectivity index (χ1n) is 12.8. The van der Waals surface area contributed by atoms with Crippen molar-refractivity contribution in [2.45, 2.75) is 80.7 Å². The van der Waals surface area contributed by atoms with E-state index in [1.165, 1.54) is 40.3 Å². The van der Waals surface area contributed by atoms with Crippen molar-refractivity contribution in [2.24, 2.45) is 17.3 Å². The molecule has 4 nitrogen and oxygen atoms in total. The molecule has 4 fully saturated rings. The largest absolute Gasteiger partial charge is 0.390 e. The van der Waals surface area contributed by atoms with Gasteiger partial charge in [0.15, 0.2) is 0 Å². The van der Waals surface area contributed by atoms with Gasteiger partial charge in [0, 0.05) is 23.2 Å². The second kappa shape index (κ2) is 5.79. The van der Waals surface area contributed by atoms with E-state index in [4.69, 9.17) is 4.74 Å². The highest BCUT2D eigenvalue weighted by molar-refractivity contribution is 5.82. The summed E-state index contributed by atoms with van der Waals surface area (Å²) in [5, 5.41) is 24.1. The molecule has 1 aromatic heterocycles.